The average molecular weight is 308 g/mol. The molecule has 0 atom stereocenters. The molecule has 0 amide bonds. The van der Waals surface area contributed by atoms with E-state index in [0.29, 0.717) is 5.88 Å². The van der Waals surface area contributed by atoms with E-state index in [2.05, 4.69) is 46.7 Å². The van der Waals surface area contributed by atoms with E-state index in [1.807, 2.05) is 13.0 Å². The van der Waals surface area contributed by atoms with Crippen molar-refractivity contribution in [3.05, 3.63) is 64.4 Å². The van der Waals surface area contributed by atoms with Gasteiger partial charge in [0.05, 0.1) is 7.11 Å². The Morgan fingerprint density at radius 3 is 2.74 bits per heavy atom. The molecule has 0 radical (unpaired) electrons. The second kappa shape index (κ2) is 7.42. The van der Waals surface area contributed by atoms with Crippen molar-refractivity contribution >= 4 is 6.08 Å². The first-order chi connectivity index (χ1) is 11.2. The first-order valence-corrected chi connectivity index (χ1v) is 8.24. The van der Waals surface area contributed by atoms with Gasteiger partial charge in [-0.25, -0.2) is 4.98 Å². The van der Waals surface area contributed by atoms with Gasteiger partial charge in [-0.15, -0.1) is 0 Å². The minimum atomic E-state index is 0.677. The maximum absolute atomic E-state index is 5.18. The van der Waals surface area contributed by atoms with E-state index in [-0.39, 0.29) is 0 Å². The highest BCUT2D eigenvalue weighted by atomic mass is 16.5. The summed E-state index contributed by atoms with van der Waals surface area (Å²) in [4.78, 5) is 4.46. The van der Waals surface area contributed by atoms with Crippen molar-refractivity contribution in [2.45, 2.75) is 26.2 Å². The molecule has 0 unspecified atom stereocenters. The molecule has 3 rings (SSSR count). The molecule has 0 saturated carbocycles. The van der Waals surface area contributed by atoms with Gasteiger partial charge in [0.2, 0.25) is 5.88 Å². The number of pyridine rings is 1. The summed E-state index contributed by atoms with van der Waals surface area (Å²) in [6.45, 7) is 4.24. The Labute approximate surface area is 138 Å². The number of aryl methyl sites for hydroxylation is 1. The van der Waals surface area contributed by atoms with Crippen molar-refractivity contribution in [2.75, 3.05) is 20.2 Å². The van der Waals surface area contributed by atoms with E-state index in [4.69, 9.17) is 4.74 Å². The van der Waals surface area contributed by atoms with Crippen LogP contribution in [0.1, 0.15) is 35.2 Å². The predicted octanol–water partition coefficient (Wildman–Crippen LogP) is 3.76. The molecule has 1 fully saturated rings. The molecule has 1 aliphatic rings. The van der Waals surface area contributed by atoms with Crippen molar-refractivity contribution in [2.24, 2.45) is 0 Å². The number of nitrogens with one attached hydrogen (secondary N) is 1. The first-order valence-electron chi connectivity index (χ1n) is 8.24. The van der Waals surface area contributed by atoms with Gasteiger partial charge in [-0.2, -0.15) is 0 Å². The maximum atomic E-state index is 5.18. The Balaban J connectivity index is 1.77. The van der Waals surface area contributed by atoms with Crippen LogP contribution in [-0.4, -0.2) is 25.2 Å². The van der Waals surface area contributed by atoms with Gasteiger partial charge in [-0.05, 0) is 56.0 Å². The number of benzene rings is 1. The Morgan fingerprint density at radius 2 is 2.00 bits per heavy atom. The minimum absolute atomic E-state index is 0.677. The molecule has 0 bridgehead atoms. The number of methoxy groups -OCH3 is 1. The molecule has 2 heterocycles. The van der Waals surface area contributed by atoms with Crippen LogP contribution in [0, 0.1) is 6.92 Å². The summed E-state index contributed by atoms with van der Waals surface area (Å²) in [5.41, 5.74) is 6.45. The summed E-state index contributed by atoms with van der Waals surface area (Å²) < 4.78 is 5.18. The van der Waals surface area contributed by atoms with Gasteiger partial charge < -0.3 is 10.1 Å². The lowest BCUT2D eigenvalue weighted by molar-refractivity contribution is 0.396. The average Bonchev–Trinajstić information content (AvgIpc) is 2.58. The van der Waals surface area contributed by atoms with Crippen molar-refractivity contribution < 1.29 is 4.74 Å². The van der Waals surface area contributed by atoms with E-state index >= 15 is 0 Å². The zero-order valence-corrected chi connectivity index (χ0v) is 13.9. The molecular weight excluding hydrogens is 284 g/mol. The minimum Gasteiger partial charge on any atom is -0.481 e. The van der Waals surface area contributed by atoms with E-state index in [1.54, 1.807) is 12.7 Å². The lowest BCUT2D eigenvalue weighted by atomic mass is 9.99. The van der Waals surface area contributed by atoms with Crippen molar-refractivity contribution in [3.8, 4) is 5.88 Å². The van der Waals surface area contributed by atoms with Gasteiger partial charge >= 0.3 is 0 Å². The van der Waals surface area contributed by atoms with Gasteiger partial charge in [0.1, 0.15) is 0 Å². The number of hydrogen-bond acceptors (Lipinski definition) is 3. The van der Waals surface area contributed by atoms with Crippen molar-refractivity contribution in [1.29, 1.82) is 0 Å². The number of hydrogen-bond donors (Lipinski definition) is 1. The summed E-state index contributed by atoms with van der Waals surface area (Å²) in [5.74, 6) is 0.677. The van der Waals surface area contributed by atoms with Crippen LogP contribution in [0.3, 0.4) is 0 Å². The summed E-state index contributed by atoms with van der Waals surface area (Å²) in [5, 5.41) is 3.40. The Bertz CT molecular complexity index is 699. The molecule has 120 valence electrons. The number of rotatable bonds is 4. The molecule has 3 heteroatoms. The van der Waals surface area contributed by atoms with Crippen LogP contribution >= 0.6 is 0 Å². The summed E-state index contributed by atoms with van der Waals surface area (Å²) >= 11 is 0. The van der Waals surface area contributed by atoms with Crippen LogP contribution in [0.4, 0.5) is 0 Å². The van der Waals surface area contributed by atoms with Crippen LogP contribution in [0.2, 0.25) is 0 Å². The molecule has 3 nitrogen and oxygen atoms in total. The van der Waals surface area contributed by atoms with Crippen LogP contribution in [0.5, 0.6) is 5.88 Å². The molecule has 1 saturated heterocycles. The monoisotopic (exact) mass is 308 g/mol. The lowest BCUT2D eigenvalue weighted by Gasteiger charge is -2.15. The molecule has 1 aromatic carbocycles. The second-order valence-corrected chi connectivity index (χ2v) is 6.07. The van der Waals surface area contributed by atoms with Gasteiger partial charge in [0, 0.05) is 11.8 Å². The van der Waals surface area contributed by atoms with Crippen LogP contribution < -0.4 is 10.1 Å². The highest BCUT2D eigenvalue weighted by molar-refractivity contribution is 5.54. The Hall–Kier alpha value is -2.13. The number of piperidine rings is 1. The zero-order valence-electron chi connectivity index (χ0n) is 13.9. The molecule has 23 heavy (non-hydrogen) atoms. The fraction of sp³-hybridized carbons (Fsp3) is 0.350. The zero-order chi connectivity index (χ0) is 16.1. The normalized spacial score (nSPS) is 14.6. The SMILES string of the molecule is COc1ccc(Cc2cccc(C=C3CCNCC3)c2)c(C)n1. The third-order valence-corrected chi connectivity index (χ3v) is 4.34. The van der Waals surface area contributed by atoms with Crippen LogP contribution in [-0.2, 0) is 6.42 Å². The fourth-order valence-electron chi connectivity index (χ4n) is 3.01. The molecule has 1 aliphatic heterocycles. The van der Waals surface area contributed by atoms with Crippen molar-refractivity contribution in [3.63, 3.8) is 0 Å². The molecular formula is C20H24N2O. The van der Waals surface area contributed by atoms with E-state index in [9.17, 15) is 0 Å². The van der Waals surface area contributed by atoms with Crippen LogP contribution in [0.25, 0.3) is 6.08 Å². The first kappa shape index (κ1) is 15.8. The van der Waals surface area contributed by atoms with Crippen LogP contribution in [0.15, 0.2) is 42.0 Å². The molecule has 0 spiro atoms. The Kier molecular flexibility index (Phi) is 5.09. The van der Waals surface area contributed by atoms with Gasteiger partial charge in [0.25, 0.3) is 0 Å². The highest BCUT2D eigenvalue weighted by Crippen LogP contribution is 2.19. The quantitative estimate of drug-likeness (QED) is 0.934. The van der Waals surface area contributed by atoms with Gasteiger partial charge in [-0.1, -0.05) is 42.0 Å². The Morgan fingerprint density at radius 1 is 1.17 bits per heavy atom. The molecule has 2 aromatic rings. The predicted molar refractivity (Wildman–Crippen MR) is 94.9 cm³/mol. The topological polar surface area (TPSA) is 34.1 Å². The third kappa shape index (κ3) is 4.20. The summed E-state index contributed by atoms with van der Waals surface area (Å²) in [7, 11) is 1.65. The maximum Gasteiger partial charge on any atom is 0.213 e. The smallest absolute Gasteiger partial charge is 0.213 e. The van der Waals surface area contributed by atoms with E-state index in [1.165, 1.54) is 16.7 Å². The van der Waals surface area contributed by atoms with E-state index < -0.39 is 0 Å². The molecule has 1 N–H and O–H groups in total. The number of nitrogens with zero attached hydrogens (tertiary/aromatic N) is 1. The standard InChI is InChI=1S/C20H24N2O/c1-15-19(6-7-20(22-15)23-2)14-18-5-3-4-17(13-18)12-16-8-10-21-11-9-16/h3-7,12-13,21H,8-11,14H2,1-2H3. The van der Waals surface area contributed by atoms with E-state index in [0.717, 1.165) is 38.0 Å². The second-order valence-electron chi connectivity index (χ2n) is 6.07. The summed E-state index contributed by atoms with van der Waals surface area (Å²) in [6.07, 6.45) is 5.57. The van der Waals surface area contributed by atoms with Crippen molar-refractivity contribution in [1.82, 2.24) is 10.3 Å². The molecule has 1 aromatic heterocycles. The molecule has 0 aliphatic carbocycles. The highest BCUT2D eigenvalue weighted by Gasteiger charge is 2.06. The number of aromatic nitrogens is 1. The fourth-order valence-corrected chi connectivity index (χ4v) is 3.01. The largest absolute Gasteiger partial charge is 0.481 e. The lowest BCUT2D eigenvalue weighted by Crippen LogP contribution is -2.22. The van der Waals surface area contributed by atoms with Gasteiger partial charge in [0.15, 0.2) is 0 Å². The third-order valence-electron chi connectivity index (χ3n) is 4.34. The summed E-state index contributed by atoms with van der Waals surface area (Å²) in [6, 6.07) is 12.9. The van der Waals surface area contributed by atoms with Gasteiger partial charge in [-0.3, -0.25) is 0 Å². The number of ether oxygens (including phenoxy) is 1.